The first kappa shape index (κ1) is 19.0. The summed E-state index contributed by atoms with van der Waals surface area (Å²) in [6.07, 6.45) is -0.513. The number of nitrogens with one attached hydrogen (secondary N) is 1. The van der Waals surface area contributed by atoms with Gasteiger partial charge in [-0.1, -0.05) is 12.1 Å². The van der Waals surface area contributed by atoms with E-state index < -0.39 is 22.9 Å². The van der Waals surface area contributed by atoms with Gasteiger partial charge < -0.3 is 10.1 Å². The lowest BCUT2D eigenvalue weighted by atomic mass is 10.1. The number of carbonyl (C=O) groups is 2. The summed E-state index contributed by atoms with van der Waals surface area (Å²) in [6.45, 7) is 1.74. The highest BCUT2D eigenvalue weighted by atomic mass is 19.1. The summed E-state index contributed by atoms with van der Waals surface area (Å²) in [6, 6.07) is 10.8. The second kappa shape index (κ2) is 8.70. The molecule has 0 bridgehead atoms. The van der Waals surface area contributed by atoms with Crippen LogP contribution in [0.1, 0.15) is 22.8 Å². The van der Waals surface area contributed by atoms with Gasteiger partial charge in [-0.05, 0) is 43.2 Å². The van der Waals surface area contributed by atoms with Crippen molar-refractivity contribution in [2.75, 3.05) is 6.54 Å². The van der Waals surface area contributed by atoms with Crippen molar-refractivity contribution < 1.29 is 23.6 Å². The number of hydrogen-bond acceptors (Lipinski definition) is 5. The fourth-order valence-corrected chi connectivity index (χ4v) is 2.13. The standard InChI is InChI=1S/C18H17FN2O5/c1-12(17(22)20-11-10-13-2-6-15(19)7-3-13)26-18(23)14-4-8-16(9-5-14)21(24)25/h2-9,12H,10-11H2,1H3,(H,20,22)/t12-/m1/s1. The minimum absolute atomic E-state index is 0.113. The molecule has 7 nitrogen and oxygen atoms in total. The third kappa shape index (κ3) is 5.37. The summed E-state index contributed by atoms with van der Waals surface area (Å²) in [4.78, 5) is 33.9. The molecule has 26 heavy (non-hydrogen) atoms. The third-order valence-corrected chi connectivity index (χ3v) is 3.59. The SMILES string of the molecule is C[C@@H](OC(=O)c1ccc([N+](=O)[O-])cc1)C(=O)NCCc1ccc(F)cc1. The number of hydrogen-bond donors (Lipinski definition) is 1. The van der Waals surface area contributed by atoms with Crippen molar-refractivity contribution in [2.24, 2.45) is 0 Å². The summed E-state index contributed by atoms with van der Waals surface area (Å²) < 4.78 is 17.9. The molecule has 0 aliphatic heterocycles. The highest BCUT2D eigenvalue weighted by Gasteiger charge is 2.19. The molecule has 1 N–H and O–H groups in total. The largest absolute Gasteiger partial charge is 0.449 e. The van der Waals surface area contributed by atoms with Crippen LogP contribution in [0.4, 0.5) is 10.1 Å². The third-order valence-electron chi connectivity index (χ3n) is 3.59. The van der Waals surface area contributed by atoms with Crippen molar-refractivity contribution in [1.29, 1.82) is 0 Å². The average Bonchev–Trinajstić information content (AvgIpc) is 2.63. The van der Waals surface area contributed by atoms with Crippen LogP contribution in [-0.4, -0.2) is 29.4 Å². The van der Waals surface area contributed by atoms with Crippen LogP contribution in [-0.2, 0) is 16.0 Å². The summed E-state index contributed by atoms with van der Waals surface area (Å²) in [5.74, 6) is -1.55. The van der Waals surface area contributed by atoms with Crippen LogP contribution >= 0.6 is 0 Å². The molecule has 2 rings (SSSR count). The van der Waals surface area contributed by atoms with Crippen LogP contribution in [0.2, 0.25) is 0 Å². The van der Waals surface area contributed by atoms with Gasteiger partial charge in [-0.3, -0.25) is 14.9 Å². The quantitative estimate of drug-likeness (QED) is 0.465. The molecule has 2 aromatic rings. The van der Waals surface area contributed by atoms with E-state index in [-0.39, 0.29) is 17.1 Å². The van der Waals surface area contributed by atoms with Crippen LogP contribution in [0.5, 0.6) is 0 Å². The fourth-order valence-electron chi connectivity index (χ4n) is 2.13. The molecule has 0 unspecified atom stereocenters. The fraction of sp³-hybridized carbons (Fsp3) is 0.222. The van der Waals surface area contributed by atoms with Crippen LogP contribution in [0.25, 0.3) is 0 Å². The zero-order chi connectivity index (χ0) is 19.1. The molecule has 0 fully saturated rings. The molecular weight excluding hydrogens is 343 g/mol. The first-order valence-electron chi connectivity index (χ1n) is 7.84. The van der Waals surface area contributed by atoms with Gasteiger partial charge in [0.25, 0.3) is 11.6 Å². The monoisotopic (exact) mass is 360 g/mol. The van der Waals surface area contributed by atoms with Crippen molar-refractivity contribution in [3.05, 3.63) is 75.6 Å². The molecule has 0 radical (unpaired) electrons. The molecule has 0 saturated carbocycles. The number of carbonyl (C=O) groups excluding carboxylic acids is 2. The molecule has 8 heteroatoms. The van der Waals surface area contributed by atoms with E-state index in [9.17, 15) is 24.1 Å². The number of amides is 1. The smallest absolute Gasteiger partial charge is 0.338 e. The summed E-state index contributed by atoms with van der Waals surface area (Å²) in [7, 11) is 0. The Morgan fingerprint density at radius 1 is 1.15 bits per heavy atom. The molecule has 0 spiro atoms. The summed E-state index contributed by atoms with van der Waals surface area (Å²) >= 11 is 0. The number of nitro groups is 1. The van der Waals surface area contributed by atoms with Crippen molar-refractivity contribution in [3.8, 4) is 0 Å². The van der Waals surface area contributed by atoms with Crippen LogP contribution in [0, 0.1) is 15.9 Å². The molecule has 0 saturated heterocycles. The highest BCUT2D eigenvalue weighted by molar-refractivity contribution is 5.92. The lowest BCUT2D eigenvalue weighted by molar-refractivity contribution is -0.384. The molecule has 0 aliphatic carbocycles. The van der Waals surface area contributed by atoms with E-state index in [0.717, 1.165) is 5.56 Å². The zero-order valence-corrected chi connectivity index (χ0v) is 14.0. The summed E-state index contributed by atoms with van der Waals surface area (Å²) in [5.41, 5.74) is 0.830. The first-order chi connectivity index (χ1) is 12.4. The molecular formula is C18H17FN2O5. The van der Waals surface area contributed by atoms with E-state index in [2.05, 4.69) is 5.32 Å². The Hall–Kier alpha value is -3.29. The Morgan fingerprint density at radius 2 is 1.77 bits per heavy atom. The van der Waals surface area contributed by atoms with Crippen molar-refractivity contribution in [1.82, 2.24) is 5.32 Å². The summed E-state index contributed by atoms with van der Waals surface area (Å²) in [5, 5.41) is 13.2. The number of ether oxygens (including phenoxy) is 1. The highest BCUT2D eigenvalue weighted by Crippen LogP contribution is 2.13. The minimum Gasteiger partial charge on any atom is -0.449 e. The molecule has 0 aliphatic rings. The lowest BCUT2D eigenvalue weighted by Gasteiger charge is -2.13. The second-order valence-electron chi connectivity index (χ2n) is 5.52. The van der Waals surface area contributed by atoms with Crippen molar-refractivity contribution in [3.63, 3.8) is 0 Å². The zero-order valence-electron chi connectivity index (χ0n) is 14.0. The van der Waals surface area contributed by atoms with Gasteiger partial charge in [0.1, 0.15) is 5.82 Å². The van der Waals surface area contributed by atoms with Crippen LogP contribution in [0.3, 0.4) is 0 Å². The van der Waals surface area contributed by atoms with Crippen LogP contribution < -0.4 is 5.32 Å². The maximum atomic E-state index is 12.8. The Labute approximate surface area is 148 Å². The number of benzene rings is 2. The topological polar surface area (TPSA) is 98.5 Å². The second-order valence-corrected chi connectivity index (χ2v) is 5.52. The molecule has 2 aromatic carbocycles. The van der Waals surface area contributed by atoms with E-state index >= 15 is 0 Å². The van der Waals surface area contributed by atoms with E-state index in [1.54, 1.807) is 12.1 Å². The van der Waals surface area contributed by atoms with Gasteiger partial charge in [-0.15, -0.1) is 0 Å². The number of nitrogens with zero attached hydrogens (tertiary/aromatic N) is 1. The van der Waals surface area contributed by atoms with E-state index in [1.165, 1.54) is 43.3 Å². The van der Waals surface area contributed by atoms with E-state index in [0.29, 0.717) is 13.0 Å². The number of rotatable bonds is 7. The molecule has 136 valence electrons. The molecule has 1 amide bonds. The predicted molar refractivity (Wildman–Crippen MR) is 91.1 cm³/mol. The average molecular weight is 360 g/mol. The van der Waals surface area contributed by atoms with Gasteiger partial charge in [0.15, 0.2) is 6.10 Å². The normalized spacial score (nSPS) is 11.5. The lowest BCUT2D eigenvalue weighted by Crippen LogP contribution is -2.36. The predicted octanol–water partition coefficient (Wildman–Crippen LogP) is 2.64. The molecule has 0 aromatic heterocycles. The Morgan fingerprint density at radius 3 is 2.35 bits per heavy atom. The maximum Gasteiger partial charge on any atom is 0.338 e. The van der Waals surface area contributed by atoms with Crippen molar-refractivity contribution >= 4 is 17.6 Å². The van der Waals surface area contributed by atoms with E-state index in [1.807, 2.05) is 0 Å². The van der Waals surface area contributed by atoms with Crippen LogP contribution in [0.15, 0.2) is 48.5 Å². The number of non-ortho nitro benzene ring substituents is 1. The number of nitro benzene ring substituents is 1. The van der Waals surface area contributed by atoms with Crippen molar-refractivity contribution in [2.45, 2.75) is 19.4 Å². The Kier molecular flexibility index (Phi) is 6.37. The molecule has 0 heterocycles. The van der Waals surface area contributed by atoms with Gasteiger partial charge in [0, 0.05) is 18.7 Å². The first-order valence-corrected chi connectivity index (χ1v) is 7.84. The van der Waals surface area contributed by atoms with E-state index in [4.69, 9.17) is 4.74 Å². The Bertz CT molecular complexity index is 790. The number of halogens is 1. The van der Waals surface area contributed by atoms with Gasteiger partial charge in [-0.25, -0.2) is 9.18 Å². The van der Waals surface area contributed by atoms with Gasteiger partial charge in [0.2, 0.25) is 0 Å². The molecule has 1 atom stereocenters. The van der Waals surface area contributed by atoms with Gasteiger partial charge >= 0.3 is 5.97 Å². The van der Waals surface area contributed by atoms with Gasteiger partial charge in [0.05, 0.1) is 10.5 Å². The number of esters is 1. The maximum absolute atomic E-state index is 12.8. The minimum atomic E-state index is -1.02. The Balaban J connectivity index is 1.81. The van der Waals surface area contributed by atoms with Gasteiger partial charge in [-0.2, -0.15) is 0 Å².